The summed E-state index contributed by atoms with van der Waals surface area (Å²) in [6.07, 6.45) is 2.09. The number of benzene rings is 1. The largest absolute Gasteiger partial charge is 0.381 e. The van der Waals surface area contributed by atoms with Gasteiger partial charge < -0.3 is 5.32 Å². The van der Waals surface area contributed by atoms with Crippen molar-refractivity contribution in [2.45, 2.75) is 33.2 Å². The molecule has 0 fully saturated rings. The Labute approximate surface area is 123 Å². The molecule has 0 atom stereocenters. The van der Waals surface area contributed by atoms with Crippen molar-refractivity contribution < 1.29 is 0 Å². The molecule has 0 aliphatic rings. The van der Waals surface area contributed by atoms with Gasteiger partial charge in [-0.25, -0.2) is 0 Å². The van der Waals surface area contributed by atoms with Crippen LogP contribution in [0.1, 0.15) is 36.6 Å². The van der Waals surface area contributed by atoms with E-state index in [4.69, 9.17) is 0 Å². The summed E-state index contributed by atoms with van der Waals surface area (Å²) < 4.78 is 2.98. The van der Waals surface area contributed by atoms with Gasteiger partial charge in [-0.3, -0.25) is 4.68 Å². The summed E-state index contributed by atoms with van der Waals surface area (Å²) in [5.74, 6) is 0.446. The Morgan fingerprint density at radius 1 is 1.37 bits per heavy atom. The van der Waals surface area contributed by atoms with Gasteiger partial charge in [0.25, 0.3) is 0 Å². The molecule has 0 aliphatic heterocycles. The molecular weight excluding hydrogens is 302 g/mol. The molecule has 4 heteroatoms. The number of nitrogens with one attached hydrogen (secondary N) is 1. The number of rotatable bonds is 4. The maximum absolute atomic E-state index is 4.53. The van der Waals surface area contributed by atoms with E-state index in [9.17, 15) is 0 Å². The highest BCUT2D eigenvalue weighted by Gasteiger charge is 2.11. The molecule has 0 radical (unpaired) electrons. The molecule has 1 heterocycles. The van der Waals surface area contributed by atoms with Crippen LogP contribution < -0.4 is 5.32 Å². The maximum atomic E-state index is 4.53. The predicted octanol–water partition coefficient (Wildman–Crippen LogP) is 4.23. The Morgan fingerprint density at radius 3 is 2.79 bits per heavy atom. The van der Waals surface area contributed by atoms with Crippen molar-refractivity contribution in [3.8, 4) is 0 Å². The Kier molecular flexibility index (Phi) is 4.30. The van der Waals surface area contributed by atoms with Gasteiger partial charge in [0.15, 0.2) is 0 Å². The number of hydrogen-bond donors (Lipinski definition) is 1. The Morgan fingerprint density at radius 2 is 2.11 bits per heavy atom. The summed E-state index contributed by atoms with van der Waals surface area (Å²) in [4.78, 5) is 0. The van der Waals surface area contributed by atoms with Crippen LogP contribution in [0.3, 0.4) is 0 Å². The quantitative estimate of drug-likeness (QED) is 0.913. The van der Waals surface area contributed by atoms with Crippen LogP contribution in [0.15, 0.2) is 28.9 Å². The first-order valence-electron chi connectivity index (χ1n) is 6.50. The standard InChI is InChI=1S/C15H20BrN3/c1-10(2)15-12(9-19(4)18-15)8-17-14-7-13(16)6-5-11(14)3/h5-7,9-10,17H,8H2,1-4H3. The summed E-state index contributed by atoms with van der Waals surface area (Å²) in [6.45, 7) is 7.27. The highest BCUT2D eigenvalue weighted by Crippen LogP contribution is 2.23. The second kappa shape index (κ2) is 5.78. The van der Waals surface area contributed by atoms with Crippen molar-refractivity contribution in [1.29, 1.82) is 0 Å². The van der Waals surface area contributed by atoms with E-state index in [0.29, 0.717) is 5.92 Å². The Balaban J connectivity index is 2.16. The minimum atomic E-state index is 0.446. The van der Waals surface area contributed by atoms with Crippen molar-refractivity contribution in [3.05, 3.63) is 45.7 Å². The maximum Gasteiger partial charge on any atom is 0.0699 e. The van der Waals surface area contributed by atoms with Crippen LogP contribution in [-0.2, 0) is 13.6 Å². The molecule has 0 aliphatic carbocycles. The lowest BCUT2D eigenvalue weighted by Gasteiger charge is -2.11. The molecule has 1 N–H and O–H groups in total. The third kappa shape index (κ3) is 3.38. The third-order valence-electron chi connectivity index (χ3n) is 3.15. The first-order chi connectivity index (χ1) is 8.97. The van der Waals surface area contributed by atoms with Gasteiger partial charge in [0.1, 0.15) is 0 Å². The normalized spacial score (nSPS) is 11.1. The first kappa shape index (κ1) is 14.1. The van der Waals surface area contributed by atoms with Gasteiger partial charge in [0.2, 0.25) is 0 Å². The first-order valence-corrected chi connectivity index (χ1v) is 7.29. The zero-order valence-corrected chi connectivity index (χ0v) is 13.5. The SMILES string of the molecule is Cc1ccc(Br)cc1NCc1cn(C)nc1C(C)C. The van der Waals surface area contributed by atoms with Crippen LogP contribution in [0.4, 0.5) is 5.69 Å². The van der Waals surface area contributed by atoms with Crippen molar-refractivity contribution >= 4 is 21.6 Å². The third-order valence-corrected chi connectivity index (χ3v) is 3.65. The number of nitrogens with zero attached hydrogens (tertiary/aromatic N) is 2. The lowest BCUT2D eigenvalue weighted by molar-refractivity contribution is 0.712. The fraction of sp³-hybridized carbons (Fsp3) is 0.400. The van der Waals surface area contributed by atoms with Crippen molar-refractivity contribution in [2.75, 3.05) is 5.32 Å². The molecule has 1 aromatic carbocycles. The molecule has 19 heavy (non-hydrogen) atoms. The molecule has 1 aromatic heterocycles. The van der Waals surface area contributed by atoms with Gasteiger partial charge in [-0.15, -0.1) is 0 Å². The van der Waals surface area contributed by atoms with Crippen LogP contribution >= 0.6 is 15.9 Å². The second-order valence-electron chi connectivity index (χ2n) is 5.18. The lowest BCUT2D eigenvalue weighted by Crippen LogP contribution is -2.03. The average molecular weight is 322 g/mol. The molecule has 0 saturated carbocycles. The number of anilines is 1. The molecule has 2 aromatic rings. The topological polar surface area (TPSA) is 29.9 Å². The zero-order chi connectivity index (χ0) is 14.0. The zero-order valence-electron chi connectivity index (χ0n) is 11.9. The van der Waals surface area contributed by atoms with Gasteiger partial charge in [0, 0.05) is 35.5 Å². The molecule has 102 valence electrons. The predicted molar refractivity (Wildman–Crippen MR) is 83.5 cm³/mol. The number of aryl methyl sites for hydroxylation is 2. The molecule has 0 saturated heterocycles. The van der Waals surface area contributed by atoms with Gasteiger partial charge in [0.05, 0.1) is 5.69 Å². The fourth-order valence-corrected chi connectivity index (χ4v) is 2.51. The number of aromatic nitrogens is 2. The van der Waals surface area contributed by atoms with E-state index in [1.165, 1.54) is 16.8 Å². The summed E-state index contributed by atoms with van der Waals surface area (Å²) in [5.41, 5.74) is 4.84. The van der Waals surface area contributed by atoms with Crippen LogP contribution in [0.2, 0.25) is 0 Å². The molecule has 0 unspecified atom stereocenters. The smallest absolute Gasteiger partial charge is 0.0699 e. The van der Waals surface area contributed by atoms with E-state index >= 15 is 0 Å². The number of hydrogen-bond acceptors (Lipinski definition) is 2. The second-order valence-corrected chi connectivity index (χ2v) is 6.10. The average Bonchev–Trinajstić information content (AvgIpc) is 2.72. The minimum Gasteiger partial charge on any atom is -0.381 e. The van der Waals surface area contributed by atoms with E-state index in [-0.39, 0.29) is 0 Å². The van der Waals surface area contributed by atoms with Gasteiger partial charge in [-0.1, -0.05) is 35.8 Å². The van der Waals surface area contributed by atoms with Crippen molar-refractivity contribution in [3.63, 3.8) is 0 Å². The van der Waals surface area contributed by atoms with Crippen LogP contribution in [-0.4, -0.2) is 9.78 Å². The molecule has 2 rings (SSSR count). The molecule has 0 amide bonds. The van der Waals surface area contributed by atoms with E-state index in [2.05, 4.69) is 71.5 Å². The fourth-order valence-electron chi connectivity index (χ4n) is 2.15. The van der Waals surface area contributed by atoms with E-state index < -0.39 is 0 Å². The summed E-state index contributed by atoms with van der Waals surface area (Å²) in [5, 5.41) is 8.03. The molecule has 0 bridgehead atoms. The van der Waals surface area contributed by atoms with Gasteiger partial charge >= 0.3 is 0 Å². The molecular formula is C15H20BrN3. The van der Waals surface area contributed by atoms with Crippen LogP contribution in [0.25, 0.3) is 0 Å². The van der Waals surface area contributed by atoms with Crippen LogP contribution in [0.5, 0.6) is 0 Å². The summed E-state index contributed by atoms with van der Waals surface area (Å²) >= 11 is 3.51. The van der Waals surface area contributed by atoms with Crippen LogP contribution in [0, 0.1) is 6.92 Å². The van der Waals surface area contributed by atoms with Crippen molar-refractivity contribution in [2.24, 2.45) is 7.05 Å². The highest BCUT2D eigenvalue weighted by molar-refractivity contribution is 9.10. The monoisotopic (exact) mass is 321 g/mol. The summed E-state index contributed by atoms with van der Waals surface area (Å²) in [6, 6.07) is 6.28. The lowest BCUT2D eigenvalue weighted by atomic mass is 10.1. The number of halogens is 1. The Hall–Kier alpha value is -1.29. The molecule has 0 spiro atoms. The van der Waals surface area contributed by atoms with Gasteiger partial charge in [-0.05, 0) is 30.5 Å². The molecule has 3 nitrogen and oxygen atoms in total. The van der Waals surface area contributed by atoms with E-state index in [0.717, 1.165) is 16.7 Å². The van der Waals surface area contributed by atoms with E-state index in [1.54, 1.807) is 0 Å². The minimum absolute atomic E-state index is 0.446. The highest BCUT2D eigenvalue weighted by atomic mass is 79.9. The van der Waals surface area contributed by atoms with Gasteiger partial charge in [-0.2, -0.15) is 5.10 Å². The van der Waals surface area contributed by atoms with E-state index in [1.807, 2.05) is 11.7 Å². The van der Waals surface area contributed by atoms with Crippen molar-refractivity contribution in [1.82, 2.24) is 9.78 Å². The Bertz CT molecular complexity index is 573. The summed E-state index contributed by atoms with van der Waals surface area (Å²) in [7, 11) is 1.97.